The van der Waals surface area contributed by atoms with Crippen molar-refractivity contribution in [2.75, 3.05) is 12.3 Å². The van der Waals surface area contributed by atoms with Gasteiger partial charge in [-0.1, -0.05) is 31.2 Å². The van der Waals surface area contributed by atoms with E-state index in [1.54, 1.807) is 18.7 Å². The fourth-order valence-electron chi connectivity index (χ4n) is 2.04. The maximum absolute atomic E-state index is 12.2. The van der Waals surface area contributed by atoms with Crippen molar-refractivity contribution in [3.63, 3.8) is 0 Å². The van der Waals surface area contributed by atoms with Crippen molar-refractivity contribution in [1.29, 1.82) is 0 Å². The fourth-order valence-corrected chi connectivity index (χ4v) is 3.26. The summed E-state index contributed by atoms with van der Waals surface area (Å²) in [5.41, 5.74) is 2.27. The van der Waals surface area contributed by atoms with Crippen LogP contribution in [0.2, 0.25) is 0 Å². The Labute approximate surface area is 116 Å². The summed E-state index contributed by atoms with van der Waals surface area (Å²) in [6.45, 7) is 1.76. The largest absolute Gasteiger partial charge is 0.481 e. The number of aryl methyl sites for hydroxylation is 1. The zero-order chi connectivity index (χ0) is 13.8. The van der Waals surface area contributed by atoms with Gasteiger partial charge in [-0.2, -0.15) is 0 Å². The molecule has 5 heteroatoms. The van der Waals surface area contributed by atoms with Crippen molar-refractivity contribution in [3.05, 3.63) is 35.4 Å². The van der Waals surface area contributed by atoms with E-state index in [-0.39, 0.29) is 17.7 Å². The highest BCUT2D eigenvalue weighted by Crippen LogP contribution is 2.36. The highest BCUT2D eigenvalue weighted by Gasteiger charge is 2.27. The van der Waals surface area contributed by atoms with E-state index >= 15 is 0 Å². The van der Waals surface area contributed by atoms with E-state index in [0.717, 1.165) is 17.7 Å². The first kappa shape index (κ1) is 13.9. The summed E-state index contributed by atoms with van der Waals surface area (Å²) < 4.78 is 0. The summed E-state index contributed by atoms with van der Waals surface area (Å²) in [6, 6.07) is 7.95. The van der Waals surface area contributed by atoms with Gasteiger partial charge < -0.3 is 10.4 Å². The van der Waals surface area contributed by atoms with E-state index in [2.05, 4.69) is 11.4 Å². The zero-order valence-corrected chi connectivity index (χ0v) is 11.6. The molecule has 0 spiro atoms. The molecule has 0 radical (unpaired) electrons. The number of carbonyl (C=O) groups is 2. The van der Waals surface area contributed by atoms with Gasteiger partial charge in [-0.25, -0.2) is 0 Å². The number of fused-ring (bicyclic) bond motifs is 1. The second kappa shape index (κ2) is 6.10. The Morgan fingerprint density at radius 2 is 2.21 bits per heavy atom. The molecular weight excluding hydrogens is 262 g/mol. The van der Waals surface area contributed by atoms with Crippen molar-refractivity contribution in [2.24, 2.45) is 5.92 Å². The lowest BCUT2D eigenvalue weighted by Crippen LogP contribution is -2.35. The predicted molar refractivity (Wildman–Crippen MR) is 75.2 cm³/mol. The summed E-state index contributed by atoms with van der Waals surface area (Å²) in [7, 11) is 0. The second-order valence-electron chi connectivity index (χ2n) is 4.68. The monoisotopic (exact) mass is 279 g/mol. The number of benzene rings is 1. The summed E-state index contributed by atoms with van der Waals surface area (Å²) in [5.74, 6) is -0.626. The number of thioether (sulfide) groups is 1. The molecule has 0 fully saturated rings. The van der Waals surface area contributed by atoms with Gasteiger partial charge in [-0.3, -0.25) is 9.59 Å². The van der Waals surface area contributed by atoms with Gasteiger partial charge in [0.15, 0.2) is 0 Å². The number of nitrogens with one attached hydrogen (secondary N) is 1. The van der Waals surface area contributed by atoms with Gasteiger partial charge in [0, 0.05) is 6.54 Å². The van der Waals surface area contributed by atoms with Crippen molar-refractivity contribution >= 4 is 23.6 Å². The number of rotatable bonds is 4. The fraction of sp³-hybridized carbons (Fsp3) is 0.429. The third kappa shape index (κ3) is 3.29. The molecule has 102 valence electrons. The van der Waals surface area contributed by atoms with E-state index in [1.165, 1.54) is 5.56 Å². The first-order chi connectivity index (χ1) is 9.09. The maximum Gasteiger partial charge on any atom is 0.308 e. The van der Waals surface area contributed by atoms with Gasteiger partial charge >= 0.3 is 5.97 Å². The quantitative estimate of drug-likeness (QED) is 0.883. The topological polar surface area (TPSA) is 66.4 Å². The van der Waals surface area contributed by atoms with Gasteiger partial charge in [0.2, 0.25) is 5.91 Å². The first-order valence-electron chi connectivity index (χ1n) is 6.29. The number of aliphatic carboxylic acids is 1. The average Bonchev–Trinajstić information content (AvgIpc) is 2.43. The van der Waals surface area contributed by atoms with E-state index in [1.807, 2.05) is 18.2 Å². The average molecular weight is 279 g/mol. The molecule has 19 heavy (non-hydrogen) atoms. The van der Waals surface area contributed by atoms with E-state index in [9.17, 15) is 9.59 Å². The van der Waals surface area contributed by atoms with Crippen LogP contribution in [0.15, 0.2) is 24.3 Å². The molecule has 0 aliphatic carbocycles. The Bertz CT molecular complexity index is 489. The lowest BCUT2D eigenvalue weighted by atomic mass is 10.0. The second-order valence-corrected chi connectivity index (χ2v) is 5.90. The summed E-state index contributed by atoms with van der Waals surface area (Å²) in [6.07, 6.45) is 0.982. The Morgan fingerprint density at radius 3 is 2.95 bits per heavy atom. The number of carbonyl (C=O) groups excluding carboxylic acids is 1. The van der Waals surface area contributed by atoms with Crippen molar-refractivity contribution < 1.29 is 14.7 Å². The minimum Gasteiger partial charge on any atom is -0.481 e. The van der Waals surface area contributed by atoms with Crippen LogP contribution in [0.5, 0.6) is 0 Å². The van der Waals surface area contributed by atoms with Crippen LogP contribution in [-0.4, -0.2) is 29.3 Å². The molecule has 0 unspecified atom stereocenters. The Morgan fingerprint density at radius 1 is 1.47 bits per heavy atom. The van der Waals surface area contributed by atoms with Crippen molar-refractivity contribution in [3.8, 4) is 0 Å². The van der Waals surface area contributed by atoms with Crippen LogP contribution in [0, 0.1) is 5.92 Å². The molecule has 2 atom stereocenters. The van der Waals surface area contributed by atoms with Crippen LogP contribution in [0.25, 0.3) is 0 Å². The van der Waals surface area contributed by atoms with Gasteiger partial charge in [-0.05, 0) is 23.3 Å². The number of carboxylic acids is 1. The molecule has 0 bridgehead atoms. The van der Waals surface area contributed by atoms with E-state index in [4.69, 9.17) is 5.11 Å². The van der Waals surface area contributed by atoms with Crippen LogP contribution in [0.4, 0.5) is 0 Å². The van der Waals surface area contributed by atoms with Gasteiger partial charge in [0.1, 0.15) is 5.25 Å². The molecule has 1 aromatic carbocycles. The van der Waals surface area contributed by atoms with Gasteiger partial charge in [0.25, 0.3) is 0 Å². The SMILES string of the molecule is C[C@@H](CNC(=O)[C@@H]1SCCc2ccccc21)C(=O)O. The minimum absolute atomic E-state index is 0.0924. The smallest absolute Gasteiger partial charge is 0.308 e. The molecule has 1 aromatic rings. The molecule has 2 N–H and O–H groups in total. The molecule has 4 nitrogen and oxygen atoms in total. The predicted octanol–water partition coefficient (Wildman–Crippen LogP) is 1.85. The minimum atomic E-state index is -0.892. The van der Waals surface area contributed by atoms with Crippen LogP contribution >= 0.6 is 11.8 Å². The number of carboxylic acid groups (broad SMARTS) is 1. The lowest BCUT2D eigenvalue weighted by molar-refractivity contribution is -0.141. The molecule has 0 saturated heterocycles. The Hall–Kier alpha value is -1.49. The van der Waals surface area contributed by atoms with Crippen LogP contribution in [-0.2, 0) is 16.0 Å². The molecular formula is C14H17NO3S. The third-order valence-corrected chi connectivity index (χ3v) is 4.48. The summed E-state index contributed by atoms with van der Waals surface area (Å²) in [5, 5.41) is 11.3. The molecule has 0 saturated carbocycles. The first-order valence-corrected chi connectivity index (χ1v) is 7.34. The summed E-state index contributed by atoms with van der Waals surface area (Å²) in [4.78, 5) is 22.9. The van der Waals surface area contributed by atoms with Crippen molar-refractivity contribution in [2.45, 2.75) is 18.6 Å². The van der Waals surface area contributed by atoms with E-state index in [0.29, 0.717) is 0 Å². The Balaban J connectivity index is 2.03. The highest BCUT2D eigenvalue weighted by atomic mass is 32.2. The Kier molecular flexibility index (Phi) is 4.47. The van der Waals surface area contributed by atoms with Crippen LogP contribution < -0.4 is 5.32 Å². The van der Waals surface area contributed by atoms with Gasteiger partial charge in [0.05, 0.1) is 5.92 Å². The molecule has 1 aliphatic rings. The maximum atomic E-state index is 12.2. The van der Waals surface area contributed by atoms with Gasteiger partial charge in [-0.15, -0.1) is 11.8 Å². The molecule has 1 amide bonds. The molecule has 1 heterocycles. The van der Waals surface area contributed by atoms with E-state index < -0.39 is 11.9 Å². The van der Waals surface area contributed by atoms with Crippen LogP contribution in [0.1, 0.15) is 23.3 Å². The van der Waals surface area contributed by atoms with Crippen molar-refractivity contribution in [1.82, 2.24) is 5.32 Å². The number of amides is 1. The number of hydrogen-bond acceptors (Lipinski definition) is 3. The normalized spacial score (nSPS) is 19.3. The molecule has 2 rings (SSSR count). The zero-order valence-electron chi connectivity index (χ0n) is 10.8. The molecule has 0 aromatic heterocycles. The lowest BCUT2D eigenvalue weighted by Gasteiger charge is -2.24. The molecule has 1 aliphatic heterocycles. The van der Waals surface area contributed by atoms with Crippen LogP contribution in [0.3, 0.4) is 0 Å². The number of hydrogen-bond donors (Lipinski definition) is 2. The summed E-state index contributed by atoms with van der Waals surface area (Å²) >= 11 is 1.61. The highest BCUT2D eigenvalue weighted by molar-refractivity contribution is 8.00. The third-order valence-electron chi connectivity index (χ3n) is 3.24. The standard InChI is InChI=1S/C14H17NO3S/c1-9(14(17)18)8-15-13(16)12-11-5-3-2-4-10(11)6-7-19-12/h2-5,9,12H,6-8H2,1H3,(H,15,16)(H,17,18)/t9-,12+/m0/s1.